The van der Waals surface area contributed by atoms with E-state index in [1.807, 2.05) is 0 Å². The van der Waals surface area contributed by atoms with Gasteiger partial charge in [-0.15, -0.1) is 24.8 Å². The summed E-state index contributed by atoms with van der Waals surface area (Å²) in [6.45, 7) is 1.47. The fourth-order valence-corrected chi connectivity index (χ4v) is 1.59. The monoisotopic (exact) mass is 276 g/mol. The molecule has 0 aliphatic heterocycles. The molecule has 5 heteroatoms. The highest BCUT2D eigenvalue weighted by molar-refractivity contribution is 5.93. The van der Waals surface area contributed by atoms with Gasteiger partial charge in [-0.3, -0.25) is 0 Å². The molecule has 0 fully saturated rings. The number of hydrogen-bond donors (Lipinski definition) is 2. The van der Waals surface area contributed by atoms with Crippen molar-refractivity contribution in [3.63, 3.8) is 0 Å². The number of halogens is 2. The number of rotatable bonds is 3. The molecule has 0 heterocycles. The van der Waals surface area contributed by atoms with Gasteiger partial charge in [0.1, 0.15) is 0 Å². The van der Waals surface area contributed by atoms with Crippen LogP contribution in [-0.4, -0.2) is 18.6 Å². The maximum atomic E-state index is 5.46. The van der Waals surface area contributed by atoms with Gasteiger partial charge in [-0.05, 0) is 11.5 Å². The molecule has 0 saturated heterocycles. The van der Waals surface area contributed by atoms with Gasteiger partial charge in [0.05, 0.1) is 0 Å². The van der Waals surface area contributed by atoms with Crippen molar-refractivity contribution >= 4 is 41.3 Å². The van der Waals surface area contributed by atoms with Gasteiger partial charge in [-0.1, -0.05) is 36.4 Å². The Labute approximate surface area is 114 Å². The number of hydrogen-bond acceptors (Lipinski definition) is 2. The van der Waals surface area contributed by atoms with Gasteiger partial charge in [0.2, 0.25) is 0 Å². The second-order valence-corrected chi connectivity index (χ2v) is 3.24. The zero-order valence-electron chi connectivity index (χ0n) is 9.35. The lowest BCUT2D eigenvalue weighted by Crippen LogP contribution is -2.13. The number of fused-ring (bicyclic) bond motifs is 1. The third-order valence-electron chi connectivity index (χ3n) is 2.25. The number of nitrogens with one attached hydrogen (secondary N) is 1. The smallest absolute Gasteiger partial charge is 0.0420 e. The van der Waals surface area contributed by atoms with E-state index in [0.717, 1.165) is 12.2 Å². The van der Waals surface area contributed by atoms with E-state index in [-0.39, 0.29) is 30.3 Å². The Bertz CT molecular complexity index is 432. The fourth-order valence-electron chi connectivity index (χ4n) is 1.59. The maximum absolute atomic E-state index is 5.46. The average Bonchev–Trinajstić information content (AvgIpc) is 2.26. The minimum Gasteiger partial charge on any atom is -0.412 e. The molecule has 96 valence electrons. The van der Waals surface area contributed by atoms with Gasteiger partial charge in [-0.25, -0.2) is 0 Å². The van der Waals surface area contributed by atoms with Crippen molar-refractivity contribution in [3.05, 3.63) is 42.5 Å². The Balaban J connectivity index is 0. The van der Waals surface area contributed by atoms with Gasteiger partial charge < -0.3 is 16.5 Å². The molecule has 0 aliphatic rings. The summed E-state index contributed by atoms with van der Waals surface area (Å²) < 4.78 is 0. The molecule has 0 amide bonds. The highest BCUT2D eigenvalue weighted by atomic mass is 35.5. The van der Waals surface area contributed by atoms with E-state index in [1.165, 1.54) is 10.8 Å². The van der Waals surface area contributed by atoms with Crippen LogP contribution in [0.3, 0.4) is 0 Å². The van der Waals surface area contributed by atoms with E-state index >= 15 is 0 Å². The van der Waals surface area contributed by atoms with Gasteiger partial charge in [0.25, 0.3) is 0 Å². The topological polar surface area (TPSA) is 69.5 Å². The molecule has 0 radical (unpaired) electrons. The van der Waals surface area contributed by atoms with Crippen LogP contribution < -0.4 is 11.1 Å². The quantitative estimate of drug-likeness (QED) is 0.903. The van der Waals surface area contributed by atoms with Crippen LogP contribution in [0.1, 0.15) is 0 Å². The third-order valence-corrected chi connectivity index (χ3v) is 2.25. The Kier molecular flexibility index (Phi) is 9.80. The van der Waals surface area contributed by atoms with E-state index in [2.05, 4.69) is 47.8 Å². The summed E-state index contributed by atoms with van der Waals surface area (Å²) in [6, 6.07) is 14.6. The summed E-state index contributed by atoms with van der Waals surface area (Å²) >= 11 is 0. The van der Waals surface area contributed by atoms with Crippen molar-refractivity contribution in [1.82, 2.24) is 0 Å². The lowest BCUT2D eigenvalue weighted by molar-refractivity contribution is 0.824. The zero-order valence-corrected chi connectivity index (χ0v) is 11.0. The highest BCUT2D eigenvalue weighted by Crippen LogP contribution is 2.22. The van der Waals surface area contributed by atoms with Crippen LogP contribution in [0.25, 0.3) is 10.8 Å². The maximum Gasteiger partial charge on any atom is 0.0420 e. The van der Waals surface area contributed by atoms with Crippen molar-refractivity contribution in [1.29, 1.82) is 0 Å². The zero-order chi connectivity index (χ0) is 9.80. The molecule has 0 spiro atoms. The fraction of sp³-hybridized carbons (Fsp3) is 0.167. The molecule has 3 nitrogen and oxygen atoms in total. The average molecular weight is 277 g/mol. The summed E-state index contributed by atoms with van der Waals surface area (Å²) in [5.41, 5.74) is 6.62. The number of benzene rings is 2. The first-order valence-electron chi connectivity index (χ1n) is 4.83. The van der Waals surface area contributed by atoms with Crippen molar-refractivity contribution in [2.45, 2.75) is 0 Å². The van der Waals surface area contributed by atoms with Crippen molar-refractivity contribution in [2.75, 3.05) is 18.4 Å². The van der Waals surface area contributed by atoms with Gasteiger partial charge >= 0.3 is 0 Å². The molecule has 17 heavy (non-hydrogen) atoms. The van der Waals surface area contributed by atoms with Crippen molar-refractivity contribution in [2.24, 2.45) is 5.73 Å². The number of nitrogens with two attached hydrogens (primary N) is 1. The van der Waals surface area contributed by atoms with E-state index in [4.69, 9.17) is 5.73 Å². The second kappa shape index (κ2) is 9.07. The first-order chi connectivity index (χ1) is 6.92. The van der Waals surface area contributed by atoms with Crippen molar-refractivity contribution < 1.29 is 5.48 Å². The molecule has 0 aromatic heterocycles. The summed E-state index contributed by atoms with van der Waals surface area (Å²) in [6.07, 6.45) is 0. The summed E-state index contributed by atoms with van der Waals surface area (Å²) in [5, 5.41) is 5.82. The Morgan fingerprint density at radius 1 is 0.941 bits per heavy atom. The lowest BCUT2D eigenvalue weighted by Gasteiger charge is -2.08. The summed E-state index contributed by atoms with van der Waals surface area (Å²) in [5.74, 6) is 0. The number of anilines is 1. The van der Waals surface area contributed by atoms with Crippen molar-refractivity contribution in [3.8, 4) is 0 Å². The standard InChI is InChI=1S/C12H14N2.2ClH.H2O/c13-8-9-14-12-7-3-5-10-4-1-2-6-11(10)12;;;/h1-7,14H,8-9,13H2;2*1H;1H2. The molecular formula is C12H18Cl2N2O. The third kappa shape index (κ3) is 4.40. The molecular weight excluding hydrogens is 259 g/mol. The van der Waals surface area contributed by atoms with Crippen LogP contribution in [0.15, 0.2) is 42.5 Å². The Morgan fingerprint density at radius 3 is 2.29 bits per heavy atom. The van der Waals surface area contributed by atoms with Crippen LogP contribution in [0.4, 0.5) is 5.69 Å². The van der Waals surface area contributed by atoms with E-state index < -0.39 is 0 Å². The first kappa shape index (κ1) is 18.4. The molecule has 2 aromatic rings. The minimum absolute atomic E-state index is 0. The predicted molar refractivity (Wildman–Crippen MR) is 79.6 cm³/mol. The van der Waals surface area contributed by atoms with Gasteiger partial charge in [-0.2, -0.15) is 0 Å². The SMILES string of the molecule is Cl.Cl.NCCNc1cccc2ccccc12.O. The molecule has 0 bridgehead atoms. The van der Waals surface area contributed by atoms with E-state index in [0.29, 0.717) is 6.54 Å². The molecule has 0 unspecified atom stereocenters. The van der Waals surface area contributed by atoms with Crippen LogP contribution >= 0.6 is 24.8 Å². The molecule has 5 N–H and O–H groups in total. The van der Waals surface area contributed by atoms with Crippen LogP contribution in [0.5, 0.6) is 0 Å². The molecule has 2 rings (SSSR count). The highest BCUT2D eigenvalue weighted by Gasteiger charge is 1.97. The van der Waals surface area contributed by atoms with E-state index in [1.54, 1.807) is 0 Å². The van der Waals surface area contributed by atoms with Crippen LogP contribution in [-0.2, 0) is 0 Å². The first-order valence-corrected chi connectivity index (χ1v) is 4.83. The summed E-state index contributed by atoms with van der Waals surface area (Å²) in [4.78, 5) is 0. The van der Waals surface area contributed by atoms with E-state index in [9.17, 15) is 0 Å². The second-order valence-electron chi connectivity index (χ2n) is 3.24. The molecule has 2 aromatic carbocycles. The Hall–Kier alpha value is -1.00. The Morgan fingerprint density at radius 2 is 1.59 bits per heavy atom. The van der Waals surface area contributed by atoms with Crippen LogP contribution in [0.2, 0.25) is 0 Å². The largest absolute Gasteiger partial charge is 0.412 e. The molecule has 0 atom stereocenters. The summed E-state index contributed by atoms with van der Waals surface area (Å²) in [7, 11) is 0. The predicted octanol–water partition coefficient (Wildman–Crippen LogP) is 2.23. The van der Waals surface area contributed by atoms with Gasteiger partial charge in [0.15, 0.2) is 0 Å². The molecule has 0 saturated carbocycles. The molecule has 0 aliphatic carbocycles. The normalized spacial score (nSPS) is 8.53. The minimum atomic E-state index is 0. The van der Waals surface area contributed by atoms with Gasteiger partial charge in [0, 0.05) is 24.2 Å². The lowest BCUT2D eigenvalue weighted by atomic mass is 10.1. The van der Waals surface area contributed by atoms with Crippen LogP contribution in [0, 0.1) is 0 Å².